The molecule has 0 saturated heterocycles. The van der Waals surface area contributed by atoms with Gasteiger partial charge in [-0.25, -0.2) is 16.8 Å². The monoisotopic (exact) mass is 454 g/mol. The quantitative estimate of drug-likeness (QED) is 0.181. The largest absolute Gasteiger partial charge is 0.499 e. The Labute approximate surface area is 181 Å². The molecule has 0 radical (unpaired) electrons. The van der Waals surface area contributed by atoms with Crippen molar-refractivity contribution in [1.82, 2.24) is 0 Å². The normalized spacial score (nSPS) is 20.0. The fraction of sp³-hybridized carbons (Fsp3) is 0.682. The molecular weight excluding hydrogens is 420 g/mol. The van der Waals surface area contributed by atoms with E-state index in [2.05, 4.69) is 11.7 Å². The second-order valence-corrected chi connectivity index (χ2v) is 12.8. The number of hydrogen-bond donors (Lipinski definition) is 0. The van der Waals surface area contributed by atoms with Crippen molar-refractivity contribution in [2.75, 3.05) is 0 Å². The number of hydrogen-bond acceptors (Lipinski definition) is 4. The van der Waals surface area contributed by atoms with E-state index in [0.29, 0.717) is 24.3 Å². The maximum absolute atomic E-state index is 13.1. The summed E-state index contributed by atoms with van der Waals surface area (Å²) in [7, 11) is -8.68. The van der Waals surface area contributed by atoms with E-state index in [4.69, 9.17) is 0 Å². The Morgan fingerprint density at radius 2 is 1.63 bits per heavy atom. The van der Waals surface area contributed by atoms with Crippen molar-refractivity contribution in [2.45, 2.75) is 95.1 Å². The fourth-order valence-corrected chi connectivity index (χ4v) is 8.59. The topological polar surface area (TPSA) is 105 Å². The zero-order valence-corrected chi connectivity index (χ0v) is 19.9. The van der Waals surface area contributed by atoms with Crippen molar-refractivity contribution in [3.05, 3.63) is 34.9 Å². The molecule has 6 nitrogen and oxygen atoms in total. The highest BCUT2D eigenvalue weighted by atomic mass is 32.3. The number of sulfone groups is 2. The SMILES string of the molecule is CCCCCCCC1CCC(S(=O)(=O)C(=[N+]=[N-])S(=O)(=O)c2ccc(C)cc2C)CC1. The summed E-state index contributed by atoms with van der Waals surface area (Å²) in [6.45, 7) is 5.61. The van der Waals surface area contributed by atoms with Crippen LogP contribution in [0, 0.1) is 19.8 Å². The van der Waals surface area contributed by atoms with Crippen LogP contribution >= 0.6 is 0 Å². The molecule has 1 aromatic carbocycles. The van der Waals surface area contributed by atoms with Gasteiger partial charge in [-0.2, -0.15) is 0 Å². The van der Waals surface area contributed by atoms with E-state index in [1.54, 1.807) is 19.1 Å². The van der Waals surface area contributed by atoms with Crippen LogP contribution in [0.2, 0.25) is 0 Å². The highest BCUT2D eigenvalue weighted by Gasteiger charge is 2.48. The van der Waals surface area contributed by atoms with Gasteiger partial charge in [-0.1, -0.05) is 63.1 Å². The molecule has 168 valence electrons. The van der Waals surface area contributed by atoms with E-state index >= 15 is 0 Å². The third-order valence-corrected chi connectivity index (χ3v) is 11.0. The Hall–Kier alpha value is -1.50. The Balaban J connectivity index is 2.10. The minimum absolute atomic E-state index is 0.134. The first-order chi connectivity index (χ1) is 14.1. The van der Waals surface area contributed by atoms with Crippen LogP contribution in [-0.4, -0.2) is 31.3 Å². The molecule has 0 aliphatic heterocycles. The highest BCUT2D eigenvalue weighted by Crippen LogP contribution is 2.33. The van der Waals surface area contributed by atoms with Gasteiger partial charge in [0.15, 0.2) is 0 Å². The zero-order valence-electron chi connectivity index (χ0n) is 18.3. The molecule has 0 unspecified atom stereocenters. The number of benzene rings is 1. The zero-order chi connectivity index (χ0) is 22.4. The van der Waals surface area contributed by atoms with Crippen molar-refractivity contribution in [1.29, 1.82) is 0 Å². The van der Waals surface area contributed by atoms with E-state index in [9.17, 15) is 22.4 Å². The highest BCUT2D eigenvalue weighted by molar-refractivity contribution is 8.31. The van der Waals surface area contributed by atoms with Gasteiger partial charge in [-0.15, -0.1) is 4.79 Å². The summed E-state index contributed by atoms with van der Waals surface area (Å²) in [6.07, 6.45) is 9.51. The van der Waals surface area contributed by atoms with Gasteiger partial charge < -0.3 is 5.53 Å². The molecule has 0 N–H and O–H groups in total. The summed E-state index contributed by atoms with van der Waals surface area (Å²) in [4.78, 5) is 2.65. The summed E-state index contributed by atoms with van der Waals surface area (Å²) in [6, 6.07) is 4.64. The Kier molecular flexibility index (Phi) is 8.83. The maximum atomic E-state index is 13.1. The van der Waals surface area contributed by atoms with E-state index in [1.165, 1.54) is 31.7 Å². The van der Waals surface area contributed by atoms with Gasteiger partial charge in [-0.3, -0.25) is 0 Å². The lowest BCUT2D eigenvalue weighted by atomic mass is 9.85. The molecule has 2 rings (SSSR count). The predicted octanol–water partition coefficient (Wildman–Crippen LogP) is 5.00. The lowest BCUT2D eigenvalue weighted by molar-refractivity contribution is 0.00368. The van der Waals surface area contributed by atoms with Crippen LogP contribution in [0.1, 0.15) is 82.3 Å². The standard InChI is InChI=1S/C22H34N2O4S2/c1-4-5-6-7-8-9-19-11-13-20(14-12-19)29(25,26)22(24-23)30(27,28)21-15-10-17(2)16-18(21)3/h10,15-16,19-20H,4-9,11-14H2,1-3H3. The van der Waals surface area contributed by atoms with Crippen molar-refractivity contribution >= 4 is 24.1 Å². The van der Waals surface area contributed by atoms with Gasteiger partial charge in [0.25, 0.3) is 19.7 Å². The van der Waals surface area contributed by atoms with Crippen LogP contribution in [0.15, 0.2) is 23.1 Å². The minimum Gasteiger partial charge on any atom is -0.359 e. The van der Waals surface area contributed by atoms with Crippen molar-refractivity contribution in [3.8, 4) is 0 Å². The van der Waals surface area contributed by atoms with E-state index in [1.807, 2.05) is 6.92 Å². The summed E-state index contributed by atoms with van der Waals surface area (Å²) < 4.78 is 51.1. The molecule has 0 bridgehead atoms. The molecule has 0 heterocycles. The van der Waals surface area contributed by atoms with Crippen LogP contribution in [0.5, 0.6) is 0 Å². The molecular formula is C22H34N2O4S2. The molecule has 1 aliphatic rings. The molecule has 1 fully saturated rings. The van der Waals surface area contributed by atoms with Gasteiger partial charge in [0, 0.05) is 0 Å². The summed E-state index contributed by atoms with van der Waals surface area (Å²) >= 11 is 0. The van der Waals surface area contributed by atoms with Crippen LogP contribution in [0.4, 0.5) is 0 Å². The maximum Gasteiger partial charge on any atom is 0.499 e. The number of rotatable bonds is 8. The molecule has 1 aromatic rings. The fourth-order valence-electron chi connectivity index (χ4n) is 4.37. The van der Waals surface area contributed by atoms with Gasteiger partial charge in [0.05, 0.1) is 10.1 Å². The summed E-state index contributed by atoms with van der Waals surface area (Å²) in [5.41, 5.74) is 10.7. The first kappa shape index (κ1) is 24.8. The lowest BCUT2D eigenvalue weighted by Crippen LogP contribution is -2.37. The van der Waals surface area contributed by atoms with Crippen LogP contribution in [0.25, 0.3) is 5.53 Å². The van der Waals surface area contributed by atoms with Crippen molar-refractivity contribution < 1.29 is 21.6 Å². The average Bonchev–Trinajstić information content (AvgIpc) is 2.68. The molecule has 0 aromatic heterocycles. The molecule has 0 amide bonds. The van der Waals surface area contributed by atoms with E-state index in [0.717, 1.165) is 31.2 Å². The second kappa shape index (κ2) is 10.7. The second-order valence-electron chi connectivity index (χ2n) is 8.53. The van der Waals surface area contributed by atoms with Gasteiger partial charge >= 0.3 is 4.38 Å². The van der Waals surface area contributed by atoms with Gasteiger partial charge in [0.1, 0.15) is 0 Å². The molecule has 0 spiro atoms. The van der Waals surface area contributed by atoms with E-state index in [-0.39, 0.29) is 4.90 Å². The Morgan fingerprint density at radius 1 is 1.00 bits per heavy atom. The summed E-state index contributed by atoms with van der Waals surface area (Å²) in [5, 5.41) is -0.819. The van der Waals surface area contributed by atoms with Crippen molar-refractivity contribution in [2.24, 2.45) is 5.92 Å². The smallest absolute Gasteiger partial charge is 0.359 e. The average molecular weight is 455 g/mol. The van der Waals surface area contributed by atoms with Gasteiger partial charge in [-0.05, 0) is 57.1 Å². The number of nitrogens with zero attached hydrogens (tertiary/aromatic N) is 2. The molecule has 30 heavy (non-hydrogen) atoms. The summed E-state index contributed by atoms with van der Waals surface area (Å²) in [5.74, 6) is 0.489. The van der Waals surface area contributed by atoms with Crippen LogP contribution < -0.4 is 0 Å². The molecule has 8 heteroatoms. The third-order valence-electron chi connectivity index (χ3n) is 6.12. The molecule has 1 aliphatic carbocycles. The first-order valence-electron chi connectivity index (χ1n) is 10.9. The van der Waals surface area contributed by atoms with Crippen molar-refractivity contribution in [3.63, 3.8) is 0 Å². The Morgan fingerprint density at radius 3 is 2.20 bits per heavy atom. The van der Waals surface area contributed by atoms with Crippen LogP contribution in [-0.2, 0) is 19.7 Å². The molecule has 1 saturated carbocycles. The Bertz CT molecular complexity index is 986. The number of unbranched alkanes of at least 4 members (excludes halogenated alkanes) is 4. The first-order valence-corrected chi connectivity index (χ1v) is 14.0. The van der Waals surface area contributed by atoms with E-state index < -0.39 is 29.3 Å². The lowest BCUT2D eigenvalue weighted by Gasteiger charge is -2.27. The van der Waals surface area contributed by atoms with Crippen LogP contribution in [0.3, 0.4) is 0 Å². The minimum atomic E-state index is -4.43. The third kappa shape index (κ3) is 5.80. The number of aryl methyl sites for hydroxylation is 2. The van der Waals surface area contributed by atoms with Gasteiger partial charge in [0.2, 0.25) is 0 Å². The molecule has 0 atom stereocenters. The predicted molar refractivity (Wildman–Crippen MR) is 120 cm³/mol.